The molecule has 0 aliphatic carbocycles. The van der Waals surface area contributed by atoms with Gasteiger partial charge in [0, 0.05) is 26.1 Å². The van der Waals surface area contributed by atoms with Crippen molar-refractivity contribution in [2.45, 2.75) is 0 Å². The van der Waals surface area contributed by atoms with Gasteiger partial charge in [-0.15, -0.1) is 27.7 Å². The first-order valence-electron chi connectivity index (χ1n) is 19.3. The molecule has 0 atom stereocenters. The zero-order valence-corrected chi connectivity index (χ0v) is 33.8. The Morgan fingerprint density at radius 3 is 1.04 bits per heavy atom. The molecule has 2 heterocycles. The maximum atomic E-state index is 5.11. The van der Waals surface area contributed by atoms with E-state index in [4.69, 9.17) is 15.0 Å². The standard InChI is InChI=1S/C45H36B7N3S/c46-34-31(41-32(35(47)37(34)49)33-36(48)38(50)39(51)40(52)42(33)56-41)27-15-21-30(22-16-27)45-54-43(28-17-11-25(12-18-28)23-7-3-1-4-8-23)53-44(55-45)29-19-13-26(14-20-29)24-9-5-2-6-10-24/h1-22H,46-52H2. The first-order valence-corrected chi connectivity index (χ1v) is 20.1. The zero-order valence-electron chi connectivity index (χ0n) is 33.0. The molecule has 0 aliphatic rings. The van der Waals surface area contributed by atoms with Crippen molar-refractivity contribution in [1.82, 2.24) is 15.0 Å². The van der Waals surface area contributed by atoms with Crippen LogP contribution in [0.15, 0.2) is 133 Å². The second-order valence-electron chi connectivity index (χ2n) is 15.0. The summed E-state index contributed by atoms with van der Waals surface area (Å²) in [4.78, 5) is 15.3. The van der Waals surface area contributed by atoms with Gasteiger partial charge in [-0.05, 0) is 44.2 Å². The van der Waals surface area contributed by atoms with Crippen LogP contribution in [0, 0.1) is 0 Å². The summed E-state index contributed by atoms with van der Waals surface area (Å²) in [7, 11) is 16.0. The first kappa shape index (κ1) is 35.9. The molecule has 56 heavy (non-hydrogen) atoms. The Morgan fingerprint density at radius 2 is 0.607 bits per heavy atom. The predicted octanol–water partition coefficient (Wildman–Crippen LogP) is 0.0503. The number of aromatic nitrogens is 3. The summed E-state index contributed by atoms with van der Waals surface area (Å²) in [5.74, 6) is 1.94. The van der Waals surface area contributed by atoms with Crippen LogP contribution in [0.3, 0.4) is 0 Å². The van der Waals surface area contributed by atoms with Crippen LogP contribution in [0.1, 0.15) is 0 Å². The van der Waals surface area contributed by atoms with Crippen molar-refractivity contribution in [2.24, 2.45) is 0 Å². The average molecular weight is 727 g/mol. The molecule has 9 aromatic rings. The van der Waals surface area contributed by atoms with E-state index in [0.29, 0.717) is 17.5 Å². The van der Waals surface area contributed by atoms with E-state index >= 15 is 0 Å². The SMILES string of the molecule is Bc1c(B)c(B)c2c(sc3c(-c4ccc(-c5nc(-c6ccc(-c7ccccc7)cc6)nc(-c6ccc(-c7ccccc7)cc6)n5)cc4)c(B)c(B)c(B)c32)c1B. The van der Waals surface area contributed by atoms with Crippen LogP contribution in [-0.4, -0.2) is 69.9 Å². The van der Waals surface area contributed by atoms with Gasteiger partial charge in [0.2, 0.25) is 0 Å². The van der Waals surface area contributed by atoms with Gasteiger partial charge in [0.1, 0.15) is 54.9 Å². The van der Waals surface area contributed by atoms with Gasteiger partial charge in [0.25, 0.3) is 0 Å². The Balaban J connectivity index is 1.16. The summed E-state index contributed by atoms with van der Waals surface area (Å²) in [6.45, 7) is 0. The summed E-state index contributed by atoms with van der Waals surface area (Å²) >= 11 is 1.95. The number of thiophene rings is 1. The third-order valence-electron chi connectivity index (χ3n) is 12.0. The number of fused-ring (bicyclic) bond motifs is 3. The summed E-state index contributed by atoms with van der Waals surface area (Å²) in [6.07, 6.45) is 0. The van der Waals surface area contributed by atoms with Crippen molar-refractivity contribution >= 4 is 125 Å². The molecule has 3 nitrogen and oxygen atoms in total. The second kappa shape index (κ2) is 14.4. The van der Waals surface area contributed by atoms with Crippen molar-refractivity contribution in [1.29, 1.82) is 0 Å². The highest BCUT2D eigenvalue weighted by molar-refractivity contribution is 7.28. The van der Waals surface area contributed by atoms with E-state index in [2.05, 4.69) is 176 Å². The second-order valence-corrected chi connectivity index (χ2v) is 16.1. The van der Waals surface area contributed by atoms with Crippen molar-refractivity contribution in [2.75, 3.05) is 0 Å². The Morgan fingerprint density at radius 1 is 0.286 bits per heavy atom. The van der Waals surface area contributed by atoms with Crippen LogP contribution in [0.2, 0.25) is 0 Å². The highest BCUT2D eigenvalue weighted by Gasteiger charge is 2.22. The lowest BCUT2D eigenvalue weighted by Crippen LogP contribution is -2.47. The first-order chi connectivity index (χ1) is 27.2. The normalized spacial score (nSPS) is 11.4. The number of hydrogen-bond donors (Lipinski definition) is 0. The number of hydrogen-bond acceptors (Lipinski definition) is 4. The Bertz CT molecular complexity index is 2850. The van der Waals surface area contributed by atoms with Gasteiger partial charge in [0.15, 0.2) is 17.5 Å². The molecule has 0 aliphatic heterocycles. The van der Waals surface area contributed by atoms with Gasteiger partial charge in [-0.2, -0.15) is 0 Å². The van der Waals surface area contributed by atoms with E-state index in [0.717, 1.165) is 27.8 Å². The third-order valence-corrected chi connectivity index (χ3v) is 13.3. The molecule has 0 amide bonds. The fourth-order valence-corrected chi connectivity index (χ4v) is 9.71. The largest absolute Gasteiger partial charge is 0.208 e. The summed E-state index contributed by atoms with van der Waals surface area (Å²) in [5, 5.41) is 2.82. The van der Waals surface area contributed by atoms with Gasteiger partial charge in [-0.1, -0.05) is 155 Å². The molecule has 0 spiro atoms. The molecule has 0 unspecified atom stereocenters. The quantitative estimate of drug-likeness (QED) is 0.228. The van der Waals surface area contributed by atoms with Crippen molar-refractivity contribution in [3.8, 4) is 67.5 Å². The van der Waals surface area contributed by atoms with Crippen molar-refractivity contribution in [3.63, 3.8) is 0 Å². The lowest BCUT2D eigenvalue weighted by atomic mass is 9.64. The molecule has 11 heteroatoms. The topological polar surface area (TPSA) is 38.7 Å². The molecule has 7 aromatic carbocycles. The number of benzene rings is 7. The molecule has 0 fully saturated rings. The summed E-state index contributed by atoms with van der Waals surface area (Å²) in [5.41, 5.74) is 19.7. The van der Waals surface area contributed by atoms with Crippen LogP contribution in [0.25, 0.3) is 87.7 Å². The van der Waals surface area contributed by atoms with Crippen LogP contribution < -0.4 is 38.2 Å². The minimum absolute atomic E-state index is 0.647. The van der Waals surface area contributed by atoms with Gasteiger partial charge >= 0.3 is 0 Å². The molecule has 0 saturated carbocycles. The van der Waals surface area contributed by atoms with Gasteiger partial charge < -0.3 is 0 Å². The minimum atomic E-state index is 0.647. The van der Waals surface area contributed by atoms with Crippen LogP contribution >= 0.6 is 11.3 Å². The smallest absolute Gasteiger partial charge is 0.164 e. The van der Waals surface area contributed by atoms with Crippen LogP contribution in [0.4, 0.5) is 0 Å². The van der Waals surface area contributed by atoms with Crippen LogP contribution in [-0.2, 0) is 0 Å². The third kappa shape index (κ3) is 6.15. The van der Waals surface area contributed by atoms with Crippen molar-refractivity contribution < 1.29 is 0 Å². The number of rotatable bonds is 6. The monoisotopic (exact) mass is 727 g/mol. The van der Waals surface area contributed by atoms with E-state index < -0.39 is 0 Å². The van der Waals surface area contributed by atoms with E-state index in [1.54, 1.807) is 0 Å². The fraction of sp³-hybridized carbons (Fsp3) is 0. The van der Waals surface area contributed by atoms with Gasteiger partial charge in [-0.25, -0.2) is 15.0 Å². The highest BCUT2D eigenvalue weighted by atomic mass is 32.1. The molecule has 0 bridgehead atoms. The Labute approximate surface area is 338 Å². The lowest BCUT2D eigenvalue weighted by molar-refractivity contribution is 1.07. The zero-order chi connectivity index (χ0) is 38.7. The van der Waals surface area contributed by atoms with E-state index in [1.165, 1.54) is 80.7 Å². The van der Waals surface area contributed by atoms with E-state index in [-0.39, 0.29) is 0 Å². The minimum Gasteiger partial charge on any atom is -0.208 e. The maximum absolute atomic E-state index is 5.11. The molecule has 0 N–H and O–H groups in total. The van der Waals surface area contributed by atoms with Gasteiger partial charge in [-0.3, -0.25) is 0 Å². The Kier molecular flexibility index (Phi) is 9.22. The molecule has 2 aromatic heterocycles. The molecule has 0 radical (unpaired) electrons. The average Bonchev–Trinajstić information content (AvgIpc) is 3.65. The van der Waals surface area contributed by atoms with E-state index in [1.807, 2.05) is 23.5 Å². The number of nitrogens with zero attached hydrogens (tertiary/aromatic N) is 3. The highest BCUT2D eigenvalue weighted by Crippen LogP contribution is 2.37. The molecule has 258 valence electrons. The molecule has 0 saturated heterocycles. The molecule has 9 rings (SSSR count). The summed E-state index contributed by atoms with van der Waals surface area (Å²) < 4.78 is 2.78. The van der Waals surface area contributed by atoms with E-state index in [9.17, 15) is 0 Å². The van der Waals surface area contributed by atoms with Gasteiger partial charge in [0.05, 0.1) is 0 Å². The molecular formula is C45H36B7N3S. The maximum Gasteiger partial charge on any atom is 0.164 e. The lowest BCUT2D eigenvalue weighted by Gasteiger charge is -2.17. The van der Waals surface area contributed by atoms with Crippen molar-refractivity contribution in [3.05, 3.63) is 133 Å². The van der Waals surface area contributed by atoms with Crippen LogP contribution in [0.5, 0.6) is 0 Å². The Hall–Kier alpha value is -5.78. The predicted molar refractivity (Wildman–Crippen MR) is 263 cm³/mol. The fourth-order valence-electron chi connectivity index (χ4n) is 8.12. The molecular weight excluding hydrogens is 690 g/mol. The summed E-state index contributed by atoms with van der Waals surface area (Å²) in [6, 6.07) is 46.7.